The number of anilines is 1. The molecule has 3 N–H and O–H groups in total. The van der Waals surface area contributed by atoms with E-state index in [0.29, 0.717) is 5.02 Å². The van der Waals surface area contributed by atoms with Gasteiger partial charge in [-0.3, -0.25) is 14.9 Å². The van der Waals surface area contributed by atoms with Crippen LogP contribution in [0.3, 0.4) is 0 Å². The molecule has 0 aromatic carbocycles. The molecule has 1 rings (SSSR count). The topological polar surface area (TPSA) is 91.3 Å². The standard InChI is InChI=1S/C9H9Cl2N3O3/c10-5-1-6(11)9(13-2-5)14-7(15)3-12-4-8(16)17/h1-2,12H,3-4H2,(H,16,17)(H,13,14,15). The molecule has 92 valence electrons. The molecule has 0 fully saturated rings. The van der Waals surface area contributed by atoms with Crippen molar-refractivity contribution in [2.75, 3.05) is 18.4 Å². The van der Waals surface area contributed by atoms with Gasteiger partial charge in [-0.05, 0) is 6.07 Å². The highest BCUT2D eigenvalue weighted by Crippen LogP contribution is 2.22. The second-order valence-electron chi connectivity index (χ2n) is 3.03. The Morgan fingerprint density at radius 1 is 1.35 bits per heavy atom. The maximum Gasteiger partial charge on any atom is 0.317 e. The molecule has 0 spiro atoms. The highest BCUT2D eigenvalue weighted by molar-refractivity contribution is 6.36. The normalized spacial score (nSPS) is 10.0. The highest BCUT2D eigenvalue weighted by atomic mass is 35.5. The van der Waals surface area contributed by atoms with E-state index in [-0.39, 0.29) is 23.9 Å². The summed E-state index contributed by atoms with van der Waals surface area (Å²) in [6, 6.07) is 1.44. The first kappa shape index (κ1) is 13.7. The molecule has 0 saturated carbocycles. The number of nitrogens with zero attached hydrogens (tertiary/aromatic N) is 1. The molecule has 0 bridgehead atoms. The van der Waals surface area contributed by atoms with E-state index in [9.17, 15) is 9.59 Å². The molecular formula is C9H9Cl2N3O3. The smallest absolute Gasteiger partial charge is 0.317 e. The predicted octanol–water partition coefficient (Wildman–Crippen LogP) is 1.00. The van der Waals surface area contributed by atoms with Gasteiger partial charge in [-0.25, -0.2) is 4.98 Å². The van der Waals surface area contributed by atoms with E-state index in [2.05, 4.69) is 15.6 Å². The Balaban J connectivity index is 2.48. The summed E-state index contributed by atoms with van der Waals surface area (Å²) >= 11 is 11.4. The van der Waals surface area contributed by atoms with Crippen molar-refractivity contribution >= 4 is 40.9 Å². The van der Waals surface area contributed by atoms with Gasteiger partial charge < -0.3 is 10.4 Å². The fraction of sp³-hybridized carbons (Fsp3) is 0.222. The van der Waals surface area contributed by atoms with Crippen LogP contribution < -0.4 is 10.6 Å². The Morgan fingerprint density at radius 2 is 2.06 bits per heavy atom. The number of carboxylic acids is 1. The Kier molecular flexibility index (Phi) is 5.14. The number of halogens is 2. The van der Waals surface area contributed by atoms with Crippen LogP contribution in [0.15, 0.2) is 12.3 Å². The number of pyridine rings is 1. The lowest BCUT2D eigenvalue weighted by Gasteiger charge is -2.06. The van der Waals surface area contributed by atoms with Crippen LogP contribution in [0.25, 0.3) is 0 Å². The van der Waals surface area contributed by atoms with Crippen LogP contribution in [-0.4, -0.2) is 35.1 Å². The molecule has 6 nitrogen and oxygen atoms in total. The summed E-state index contributed by atoms with van der Waals surface area (Å²) in [5.41, 5.74) is 0. The second kappa shape index (κ2) is 6.39. The monoisotopic (exact) mass is 277 g/mol. The molecule has 1 aromatic rings. The lowest BCUT2D eigenvalue weighted by molar-refractivity contribution is -0.135. The van der Waals surface area contributed by atoms with Crippen LogP contribution in [0.2, 0.25) is 10.0 Å². The summed E-state index contributed by atoms with van der Waals surface area (Å²) in [4.78, 5) is 25.3. The third-order valence-corrected chi connectivity index (χ3v) is 2.12. The second-order valence-corrected chi connectivity index (χ2v) is 3.87. The average molecular weight is 278 g/mol. The van der Waals surface area contributed by atoms with Crippen molar-refractivity contribution in [3.63, 3.8) is 0 Å². The number of hydrogen-bond donors (Lipinski definition) is 3. The van der Waals surface area contributed by atoms with Gasteiger partial charge in [0.1, 0.15) is 0 Å². The van der Waals surface area contributed by atoms with Crippen molar-refractivity contribution in [2.24, 2.45) is 0 Å². The number of nitrogens with one attached hydrogen (secondary N) is 2. The van der Waals surface area contributed by atoms with Gasteiger partial charge in [0, 0.05) is 6.20 Å². The van der Waals surface area contributed by atoms with Gasteiger partial charge in [-0.1, -0.05) is 23.2 Å². The molecular weight excluding hydrogens is 269 g/mol. The van der Waals surface area contributed by atoms with Gasteiger partial charge in [0.15, 0.2) is 5.82 Å². The summed E-state index contributed by atoms with van der Waals surface area (Å²) in [5.74, 6) is -1.30. The molecule has 8 heteroatoms. The van der Waals surface area contributed by atoms with Gasteiger partial charge in [0.25, 0.3) is 0 Å². The minimum atomic E-state index is -1.04. The fourth-order valence-corrected chi connectivity index (χ4v) is 1.39. The largest absolute Gasteiger partial charge is 0.480 e. The number of rotatable bonds is 5. The molecule has 0 atom stereocenters. The Labute approximate surface area is 107 Å². The van der Waals surface area contributed by atoms with Crippen molar-refractivity contribution in [3.8, 4) is 0 Å². The zero-order valence-electron chi connectivity index (χ0n) is 8.54. The summed E-state index contributed by atoms with van der Waals surface area (Å²) in [6.07, 6.45) is 1.34. The third kappa shape index (κ3) is 4.99. The zero-order valence-corrected chi connectivity index (χ0v) is 10.0. The Morgan fingerprint density at radius 3 is 2.65 bits per heavy atom. The van der Waals surface area contributed by atoms with Crippen LogP contribution in [0.5, 0.6) is 0 Å². The predicted molar refractivity (Wildman–Crippen MR) is 63.4 cm³/mol. The maximum atomic E-state index is 11.3. The van der Waals surface area contributed by atoms with Crippen molar-refractivity contribution < 1.29 is 14.7 Å². The molecule has 0 aliphatic rings. The summed E-state index contributed by atoms with van der Waals surface area (Å²) in [7, 11) is 0. The summed E-state index contributed by atoms with van der Waals surface area (Å²) in [5, 5.41) is 13.8. The van der Waals surface area contributed by atoms with Gasteiger partial charge in [0.05, 0.1) is 23.1 Å². The lowest BCUT2D eigenvalue weighted by atomic mass is 10.4. The van der Waals surface area contributed by atoms with Gasteiger partial charge >= 0.3 is 5.97 Å². The number of carbonyl (C=O) groups is 2. The van der Waals surface area contributed by atoms with Crippen LogP contribution in [0.4, 0.5) is 5.82 Å². The van der Waals surface area contributed by atoms with E-state index >= 15 is 0 Å². The van der Waals surface area contributed by atoms with Gasteiger partial charge in [0.2, 0.25) is 5.91 Å². The molecule has 0 radical (unpaired) electrons. The molecule has 1 aromatic heterocycles. The van der Waals surface area contributed by atoms with Crippen molar-refractivity contribution in [1.82, 2.24) is 10.3 Å². The van der Waals surface area contributed by atoms with Crippen LogP contribution in [0, 0.1) is 0 Å². The van der Waals surface area contributed by atoms with Crippen molar-refractivity contribution in [3.05, 3.63) is 22.3 Å². The summed E-state index contributed by atoms with van der Waals surface area (Å²) in [6.45, 7) is -0.442. The SMILES string of the molecule is O=C(O)CNCC(=O)Nc1ncc(Cl)cc1Cl. The van der Waals surface area contributed by atoms with Gasteiger partial charge in [-0.15, -0.1) is 0 Å². The first-order chi connectivity index (χ1) is 7.99. The number of aromatic nitrogens is 1. The van der Waals surface area contributed by atoms with E-state index in [1.807, 2.05) is 0 Å². The minimum Gasteiger partial charge on any atom is -0.480 e. The quantitative estimate of drug-likeness (QED) is 0.747. The molecule has 17 heavy (non-hydrogen) atoms. The summed E-state index contributed by atoms with van der Waals surface area (Å²) < 4.78 is 0. The molecule has 0 aliphatic carbocycles. The van der Waals surface area contributed by atoms with E-state index in [4.69, 9.17) is 28.3 Å². The Bertz CT molecular complexity index is 439. The number of hydrogen-bond acceptors (Lipinski definition) is 4. The number of carbonyl (C=O) groups excluding carboxylic acids is 1. The minimum absolute atomic E-state index is 0.146. The lowest BCUT2D eigenvalue weighted by Crippen LogP contribution is -2.32. The molecule has 0 unspecified atom stereocenters. The highest BCUT2D eigenvalue weighted by Gasteiger charge is 2.07. The first-order valence-electron chi connectivity index (χ1n) is 4.52. The van der Waals surface area contributed by atoms with Crippen LogP contribution >= 0.6 is 23.2 Å². The maximum absolute atomic E-state index is 11.3. The number of amides is 1. The first-order valence-corrected chi connectivity index (χ1v) is 5.28. The molecule has 0 saturated heterocycles. The molecule has 0 aliphatic heterocycles. The number of carboxylic acid groups (broad SMARTS) is 1. The van der Waals surface area contributed by atoms with E-state index in [0.717, 1.165) is 0 Å². The third-order valence-electron chi connectivity index (χ3n) is 1.63. The van der Waals surface area contributed by atoms with E-state index < -0.39 is 11.9 Å². The van der Waals surface area contributed by atoms with Crippen LogP contribution in [-0.2, 0) is 9.59 Å². The van der Waals surface area contributed by atoms with Crippen LogP contribution in [0.1, 0.15) is 0 Å². The molecule has 1 heterocycles. The average Bonchev–Trinajstić information content (AvgIpc) is 2.21. The van der Waals surface area contributed by atoms with Crippen molar-refractivity contribution in [2.45, 2.75) is 0 Å². The zero-order chi connectivity index (χ0) is 12.8. The fourth-order valence-electron chi connectivity index (χ4n) is 0.966. The number of aliphatic carboxylic acids is 1. The van der Waals surface area contributed by atoms with E-state index in [1.54, 1.807) is 0 Å². The van der Waals surface area contributed by atoms with E-state index in [1.165, 1.54) is 12.3 Å². The molecule has 1 amide bonds. The van der Waals surface area contributed by atoms with Crippen molar-refractivity contribution in [1.29, 1.82) is 0 Å². The van der Waals surface area contributed by atoms with Gasteiger partial charge in [-0.2, -0.15) is 0 Å². The Hall–Kier alpha value is -1.37.